The van der Waals surface area contributed by atoms with Crippen molar-refractivity contribution in [3.63, 3.8) is 0 Å². The number of ether oxygens (including phenoxy) is 1. The third-order valence-corrected chi connectivity index (χ3v) is 6.68. The Morgan fingerprint density at radius 1 is 1.34 bits per heavy atom. The van der Waals surface area contributed by atoms with Gasteiger partial charge in [-0.25, -0.2) is 4.39 Å². The molecule has 0 spiro atoms. The molecule has 1 saturated heterocycles. The fourth-order valence-electron chi connectivity index (χ4n) is 3.54. The average molecular weight is 416 g/mol. The van der Waals surface area contributed by atoms with Crippen molar-refractivity contribution < 1.29 is 13.7 Å². The minimum atomic E-state index is -1.48. The van der Waals surface area contributed by atoms with Crippen molar-refractivity contribution in [1.29, 1.82) is 5.26 Å². The minimum Gasteiger partial charge on any atom is -0.591 e. The van der Waals surface area contributed by atoms with E-state index in [-0.39, 0.29) is 5.92 Å². The van der Waals surface area contributed by atoms with E-state index in [2.05, 4.69) is 10.5 Å². The maximum absolute atomic E-state index is 14.4. The summed E-state index contributed by atoms with van der Waals surface area (Å²) in [5.74, 6) is -0.279. The first kappa shape index (κ1) is 21.7. The van der Waals surface area contributed by atoms with E-state index in [9.17, 15) is 14.2 Å². The first-order valence-electron chi connectivity index (χ1n) is 9.72. The molecule has 1 atom stereocenters. The summed E-state index contributed by atoms with van der Waals surface area (Å²) in [6.45, 7) is 10.4. The Labute approximate surface area is 174 Å². The zero-order valence-corrected chi connectivity index (χ0v) is 18.3. The molecule has 5 nitrogen and oxygen atoms in total. The van der Waals surface area contributed by atoms with Gasteiger partial charge in [0.2, 0.25) is 0 Å². The maximum atomic E-state index is 14.4. The van der Waals surface area contributed by atoms with Crippen molar-refractivity contribution in [3.8, 4) is 6.07 Å². The molecule has 0 N–H and O–H groups in total. The summed E-state index contributed by atoms with van der Waals surface area (Å²) >= 11 is -1.48. The van der Waals surface area contributed by atoms with Crippen molar-refractivity contribution in [1.82, 2.24) is 4.98 Å². The number of fused-ring (bicyclic) bond motifs is 1. The average Bonchev–Trinajstić information content (AvgIpc) is 2.67. The normalized spacial score (nSPS) is 17.4. The highest BCUT2D eigenvalue weighted by molar-refractivity contribution is 7.91. The number of rotatable bonds is 3. The fraction of sp³-hybridized carbons (Fsp3) is 0.500. The molecule has 2 heterocycles. The molecule has 1 aromatic carbocycles. The number of hydrogen-bond acceptors (Lipinski definition) is 5. The molecule has 1 aliphatic rings. The predicted molar refractivity (Wildman–Crippen MR) is 114 cm³/mol. The molecule has 0 unspecified atom stereocenters. The number of nitriles is 1. The highest BCUT2D eigenvalue weighted by atomic mass is 32.2. The van der Waals surface area contributed by atoms with E-state index in [4.69, 9.17) is 9.72 Å². The number of aromatic nitrogens is 1. The van der Waals surface area contributed by atoms with Crippen LogP contribution >= 0.6 is 0 Å². The van der Waals surface area contributed by atoms with Crippen molar-refractivity contribution in [2.75, 3.05) is 13.2 Å². The fourth-order valence-corrected chi connectivity index (χ4v) is 4.16. The molecular formula is C22H26FN3O2S. The summed E-state index contributed by atoms with van der Waals surface area (Å²) in [5, 5.41) is 10.3. The second-order valence-corrected chi connectivity index (χ2v) is 10.3. The van der Waals surface area contributed by atoms with Gasteiger partial charge < -0.3 is 9.29 Å². The standard InChI is InChI=1S/C22H26FN3O2S/c1-13-19(12-24)18-11-16(23)10-17(14(2)26-29(27)22(3,4)5)21(18)25-20(13)15-6-8-28-9-7-15/h10-11,15H,6-9H2,1-5H3/b26-14-/t29-/m1/s1. The summed E-state index contributed by atoms with van der Waals surface area (Å²) in [4.78, 5) is 4.89. The maximum Gasteiger partial charge on any atom is 0.144 e. The summed E-state index contributed by atoms with van der Waals surface area (Å²) in [6.07, 6.45) is 1.67. The molecule has 0 aliphatic carbocycles. The molecule has 1 aromatic heterocycles. The molecule has 29 heavy (non-hydrogen) atoms. The Bertz CT molecular complexity index is 1000. The van der Waals surface area contributed by atoms with Gasteiger partial charge in [0.15, 0.2) is 0 Å². The third kappa shape index (κ3) is 4.45. The number of halogens is 1. The van der Waals surface area contributed by atoms with Crippen molar-refractivity contribution in [3.05, 3.63) is 40.3 Å². The number of benzene rings is 1. The SMILES string of the molecule is C/C(=N/[S@+]([O-])C(C)(C)C)c1cc(F)cc2c(C#N)c(C)c(C3CCOCC3)nc12. The Morgan fingerprint density at radius 2 is 2.00 bits per heavy atom. The molecule has 0 radical (unpaired) electrons. The molecule has 0 bridgehead atoms. The van der Waals surface area contributed by atoms with E-state index in [1.807, 2.05) is 27.7 Å². The quantitative estimate of drug-likeness (QED) is 0.536. The summed E-state index contributed by atoms with van der Waals surface area (Å²) in [7, 11) is 0. The van der Waals surface area contributed by atoms with Crippen molar-refractivity contribution in [2.45, 2.75) is 58.1 Å². The second kappa shape index (κ2) is 8.39. The van der Waals surface area contributed by atoms with Crippen LogP contribution in [0.25, 0.3) is 10.9 Å². The summed E-state index contributed by atoms with van der Waals surface area (Å²) in [5.41, 5.74) is 3.53. The molecule has 154 valence electrons. The van der Waals surface area contributed by atoms with Gasteiger partial charge in [-0.2, -0.15) is 5.26 Å². The van der Waals surface area contributed by atoms with E-state index in [1.165, 1.54) is 12.1 Å². The van der Waals surface area contributed by atoms with E-state index < -0.39 is 21.9 Å². The van der Waals surface area contributed by atoms with Crippen LogP contribution in [0.5, 0.6) is 0 Å². The molecule has 0 saturated carbocycles. The molecule has 7 heteroatoms. The Hall–Kier alpha value is -2.01. The molecule has 2 aromatic rings. The molecule has 3 rings (SSSR count). The highest BCUT2D eigenvalue weighted by Crippen LogP contribution is 2.34. The lowest BCUT2D eigenvalue weighted by Gasteiger charge is -2.24. The van der Waals surface area contributed by atoms with E-state index in [1.54, 1.807) is 6.92 Å². The van der Waals surface area contributed by atoms with Crippen molar-refractivity contribution >= 4 is 28.0 Å². The van der Waals surface area contributed by atoms with Gasteiger partial charge in [0.25, 0.3) is 0 Å². The van der Waals surface area contributed by atoms with E-state index in [0.717, 1.165) is 24.1 Å². The van der Waals surface area contributed by atoms with Crippen LogP contribution in [0.15, 0.2) is 16.5 Å². The van der Waals surface area contributed by atoms with Gasteiger partial charge in [0, 0.05) is 35.8 Å². The molecule has 1 aliphatic heterocycles. The molecular weight excluding hydrogens is 389 g/mol. The number of hydrogen-bond donors (Lipinski definition) is 0. The first-order valence-corrected chi connectivity index (χ1v) is 10.8. The Balaban J connectivity index is 2.25. The van der Waals surface area contributed by atoms with Crippen LogP contribution in [0.4, 0.5) is 4.39 Å². The largest absolute Gasteiger partial charge is 0.591 e. The highest BCUT2D eigenvalue weighted by Gasteiger charge is 2.28. The predicted octanol–water partition coefficient (Wildman–Crippen LogP) is 4.72. The van der Waals surface area contributed by atoms with Gasteiger partial charge in [-0.05, 0) is 65.2 Å². The topological polar surface area (TPSA) is 81.3 Å². The lowest BCUT2D eigenvalue weighted by Crippen LogP contribution is -2.26. The number of nitrogens with zero attached hydrogens (tertiary/aromatic N) is 3. The van der Waals surface area contributed by atoms with Gasteiger partial charge in [-0.1, -0.05) is 4.40 Å². The lowest BCUT2D eigenvalue weighted by molar-refractivity contribution is 0.0844. The smallest absolute Gasteiger partial charge is 0.144 e. The van der Waals surface area contributed by atoms with Crippen LogP contribution in [-0.4, -0.2) is 33.2 Å². The van der Waals surface area contributed by atoms with Crippen LogP contribution in [-0.2, 0) is 16.1 Å². The van der Waals surface area contributed by atoms with Crippen LogP contribution in [0.1, 0.15) is 68.8 Å². The van der Waals surface area contributed by atoms with Crippen LogP contribution in [0, 0.1) is 24.1 Å². The van der Waals surface area contributed by atoms with Crippen LogP contribution in [0.2, 0.25) is 0 Å². The molecule has 1 fully saturated rings. The van der Waals surface area contributed by atoms with Gasteiger partial charge in [0.05, 0.1) is 16.8 Å². The van der Waals surface area contributed by atoms with Crippen molar-refractivity contribution in [2.24, 2.45) is 4.40 Å². The van der Waals surface area contributed by atoms with E-state index in [0.29, 0.717) is 41.0 Å². The van der Waals surface area contributed by atoms with Crippen LogP contribution < -0.4 is 0 Å². The third-order valence-electron chi connectivity index (χ3n) is 5.19. The second-order valence-electron chi connectivity index (χ2n) is 8.38. The van der Waals surface area contributed by atoms with Gasteiger partial charge >= 0.3 is 0 Å². The zero-order chi connectivity index (χ0) is 21.3. The Morgan fingerprint density at radius 3 is 2.59 bits per heavy atom. The lowest BCUT2D eigenvalue weighted by atomic mass is 9.89. The number of pyridine rings is 1. The van der Waals surface area contributed by atoms with E-state index >= 15 is 0 Å². The zero-order valence-electron chi connectivity index (χ0n) is 17.5. The summed E-state index contributed by atoms with van der Waals surface area (Å²) < 4.78 is 36.2. The molecule has 0 amide bonds. The minimum absolute atomic E-state index is 0.194. The van der Waals surface area contributed by atoms with Crippen LogP contribution in [0.3, 0.4) is 0 Å². The van der Waals surface area contributed by atoms with Gasteiger partial charge in [0.1, 0.15) is 28.0 Å². The first-order chi connectivity index (χ1) is 13.6. The van der Waals surface area contributed by atoms with Gasteiger partial charge in [-0.15, -0.1) is 0 Å². The summed E-state index contributed by atoms with van der Waals surface area (Å²) in [6, 6.07) is 4.94. The van der Waals surface area contributed by atoms with Gasteiger partial charge in [-0.3, -0.25) is 4.98 Å². The monoisotopic (exact) mass is 415 g/mol. The Kier molecular flexibility index (Phi) is 6.27.